The van der Waals surface area contributed by atoms with Crippen molar-refractivity contribution in [1.29, 1.82) is 0 Å². The summed E-state index contributed by atoms with van der Waals surface area (Å²) in [5.74, 6) is 0.682. The topological polar surface area (TPSA) is 67.1 Å². The average molecular weight is 281 g/mol. The number of thiocarbonyl (C=S) groups is 1. The first-order valence-corrected chi connectivity index (χ1v) is 6.78. The van der Waals surface area contributed by atoms with E-state index in [0.29, 0.717) is 10.8 Å². The van der Waals surface area contributed by atoms with Gasteiger partial charge in [0.25, 0.3) is 0 Å². The lowest BCUT2D eigenvalue weighted by molar-refractivity contribution is 0.390. The Kier molecular flexibility index (Phi) is 5.62. The first-order chi connectivity index (χ1) is 8.82. The molecule has 3 N–H and O–H groups in total. The zero-order chi connectivity index (χ0) is 14.6. The lowest BCUT2D eigenvalue weighted by Crippen LogP contribution is -2.26. The van der Waals surface area contributed by atoms with Crippen LogP contribution in [-0.2, 0) is 0 Å². The molecule has 19 heavy (non-hydrogen) atoms. The number of hydrogen-bond donors (Lipinski definition) is 2. The molecule has 0 aromatic carbocycles. The average Bonchev–Trinajstić information content (AvgIpc) is 2.31. The number of nitrogens with zero attached hydrogens (tertiary/aromatic N) is 3. The van der Waals surface area contributed by atoms with Gasteiger partial charge in [-0.1, -0.05) is 12.2 Å². The molecule has 0 saturated carbocycles. The van der Waals surface area contributed by atoms with Gasteiger partial charge >= 0.3 is 0 Å². The third kappa shape index (κ3) is 4.40. The lowest BCUT2D eigenvalue weighted by Gasteiger charge is -2.19. The smallest absolute Gasteiger partial charge is 0.159 e. The Balaban J connectivity index is 2.89. The SMILES string of the molecule is Cc1nnc(NC(C)CCN(C)C)c(C(N)=S)c1C. The summed E-state index contributed by atoms with van der Waals surface area (Å²) >= 11 is 5.12. The van der Waals surface area contributed by atoms with Crippen LogP contribution in [0.5, 0.6) is 0 Å². The fourth-order valence-corrected chi connectivity index (χ4v) is 2.02. The van der Waals surface area contributed by atoms with Crippen molar-refractivity contribution >= 4 is 23.0 Å². The molecule has 106 valence electrons. The van der Waals surface area contributed by atoms with Gasteiger partial charge in [0.1, 0.15) is 4.99 Å². The maximum Gasteiger partial charge on any atom is 0.159 e. The van der Waals surface area contributed by atoms with E-state index in [9.17, 15) is 0 Å². The van der Waals surface area contributed by atoms with Crippen molar-refractivity contribution in [2.24, 2.45) is 5.73 Å². The Morgan fingerprint density at radius 1 is 1.37 bits per heavy atom. The third-order valence-electron chi connectivity index (χ3n) is 3.09. The number of aryl methyl sites for hydroxylation is 1. The largest absolute Gasteiger partial charge is 0.389 e. The summed E-state index contributed by atoms with van der Waals surface area (Å²) in [5.41, 5.74) is 8.45. The summed E-state index contributed by atoms with van der Waals surface area (Å²) in [5, 5.41) is 11.7. The van der Waals surface area contributed by atoms with Gasteiger partial charge in [-0.05, 0) is 53.4 Å². The van der Waals surface area contributed by atoms with E-state index < -0.39 is 0 Å². The Morgan fingerprint density at radius 2 is 2.00 bits per heavy atom. The van der Waals surface area contributed by atoms with E-state index in [0.717, 1.165) is 29.8 Å². The van der Waals surface area contributed by atoms with E-state index >= 15 is 0 Å². The highest BCUT2D eigenvalue weighted by molar-refractivity contribution is 7.80. The molecule has 6 heteroatoms. The van der Waals surface area contributed by atoms with E-state index in [4.69, 9.17) is 18.0 Å². The molecule has 5 nitrogen and oxygen atoms in total. The molecule has 0 bridgehead atoms. The molecule has 0 aliphatic rings. The first-order valence-electron chi connectivity index (χ1n) is 6.37. The van der Waals surface area contributed by atoms with Gasteiger partial charge in [-0.15, -0.1) is 5.10 Å². The van der Waals surface area contributed by atoms with Crippen LogP contribution in [0.1, 0.15) is 30.2 Å². The highest BCUT2D eigenvalue weighted by atomic mass is 32.1. The summed E-state index contributed by atoms with van der Waals surface area (Å²) in [6.07, 6.45) is 1.01. The van der Waals surface area contributed by atoms with Crippen molar-refractivity contribution in [3.63, 3.8) is 0 Å². The van der Waals surface area contributed by atoms with Crippen molar-refractivity contribution in [2.45, 2.75) is 33.2 Å². The molecule has 0 aliphatic heterocycles. The predicted octanol–water partition coefficient (Wildman–Crippen LogP) is 1.48. The zero-order valence-corrected chi connectivity index (χ0v) is 13.1. The van der Waals surface area contributed by atoms with Gasteiger partial charge in [-0.3, -0.25) is 0 Å². The van der Waals surface area contributed by atoms with Gasteiger partial charge in [-0.25, -0.2) is 0 Å². The number of rotatable bonds is 6. The summed E-state index contributed by atoms with van der Waals surface area (Å²) in [6.45, 7) is 7.00. The molecule has 1 unspecified atom stereocenters. The fourth-order valence-electron chi connectivity index (χ4n) is 1.77. The number of nitrogens with one attached hydrogen (secondary N) is 1. The van der Waals surface area contributed by atoms with Crippen LogP contribution in [0.4, 0.5) is 5.82 Å². The minimum Gasteiger partial charge on any atom is -0.389 e. The molecule has 1 heterocycles. The second-order valence-corrected chi connectivity index (χ2v) is 5.58. The second kappa shape index (κ2) is 6.77. The van der Waals surface area contributed by atoms with Crippen LogP contribution in [0.3, 0.4) is 0 Å². The Hall–Kier alpha value is -1.27. The Morgan fingerprint density at radius 3 is 2.53 bits per heavy atom. The molecule has 0 amide bonds. The quantitative estimate of drug-likeness (QED) is 0.770. The maximum absolute atomic E-state index is 5.80. The van der Waals surface area contributed by atoms with E-state index in [1.807, 2.05) is 13.8 Å². The van der Waals surface area contributed by atoms with E-state index in [1.165, 1.54) is 0 Å². The number of anilines is 1. The molecule has 0 spiro atoms. The lowest BCUT2D eigenvalue weighted by atomic mass is 10.1. The molecular formula is C13H23N5S. The van der Waals surface area contributed by atoms with Crippen molar-refractivity contribution < 1.29 is 0 Å². The van der Waals surface area contributed by atoms with Gasteiger partial charge in [0, 0.05) is 6.04 Å². The summed E-state index contributed by atoms with van der Waals surface area (Å²) in [7, 11) is 4.12. The number of hydrogen-bond acceptors (Lipinski definition) is 5. The van der Waals surface area contributed by atoms with Crippen LogP contribution >= 0.6 is 12.2 Å². The third-order valence-corrected chi connectivity index (χ3v) is 3.30. The van der Waals surface area contributed by atoms with Crippen molar-refractivity contribution in [2.75, 3.05) is 26.0 Å². The fraction of sp³-hybridized carbons (Fsp3) is 0.615. The monoisotopic (exact) mass is 281 g/mol. The minimum absolute atomic E-state index is 0.284. The molecular weight excluding hydrogens is 258 g/mol. The van der Waals surface area contributed by atoms with Crippen molar-refractivity contribution in [1.82, 2.24) is 15.1 Å². The van der Waals surface area contributed by atoms with Crippen LogP contribution in [0.15, 0.2) is 0 Å². The molecule has 1 aromatic heterocycles. The van der Waals surface area contributed by atoms with Gasteiger partial charge in [0.15, 0.2) is 5.82 Å². The van der Waals surface area contributed by atoms with Gasteiger partial charge in [0.05, 0.1) is 11.3 Å². The molecule has 0 fully saturated rings. The number of nitrogens with two attached hydrogens (primary N) is 1. The van der Waals surface area contributed by atoms with Crippen LogP contribution < -0.4 is 11.1 Å². The summed E-state index contributed by atoms with van der Waals surface area (Å²) < 4.78 is 0. The maximum atomic E-state index is 5.80. The molecule has 0 radical (unpaired) electrons. The van der Waals surface area contributed by atoms with Crippen LogP contribution in [0.2, 0.25) is 0 Å². The highest BCUT2D eigenvalue weighted by Crippen LogP contribution is 2.19. The molecule has 0 saturated heterocycles. The molecule has 1 atom stereocenters. The van der Waals surface area contributed by atoms with Gasteiger partial charge in [0.2, 0.25) is 0 Å². The summed E-state index contributed by atoms with van der Waals surface area (Å²) in [4.78, 5) is 2.51. The van der Waals surface area contributed by atoms with E-state index in [-0.39, 0.29) is 6.04 Å². The van der Waals surface area contributed by atoms with Gasteiger partial charge in [-0.2, -0.15) is 5.10 Å². The van der Waals surface area contributed by atoms with E-state index in [2.05, 4.69) is 41.4 Å². The second-order valence-electron chi connectivity index (χ2n) is 5.14. The molecule has 1 rings (SSSR count). The number of aromatic nitrogens is 2. The first kappa shape index (κ1) is 15.8. The van der Waals surface area contributed by atoms with Crippen molar-refractivity contribution in [3.05, 3.63) is 16.8 Å². The highest BCUT2D eigenvalue weighted by Gasteiger charge is 2.15. The molecule has 1 aromatic rings. The summed E-state index contributed by atoms with van der Waals surface area (Å²) in [6, 6.07) is 0.284. The Bertz CT molecular complexity index is 459. The van der Waals surface area contributed by atoms with E-state index in [1.54, 1.807) is 0 Å². The predicted molar refractivity (Wildman–Crippen MR) is 83.6 cm³/mol. The van der Waals surface area contributed by atoms with Crippen LogP contribution in [-0.4, -0.2) is 46.8 Å². The van der Waals surface area contributed by atoms with Crippen molar-refractivity contribution in [3.8, 4) is 0 Å². The van der Waals surface area contributed by atoms with Crippen LogP contribution in [0.25, 0.3) is 0 Å². The van der Waals surface area contributed by atoms with Crippen LogP contribution in [0, 0.1) is 13.8 Å². The minimum atomic E-state index is 0.284. The Labute approximate surface area is 120 Å². The molecule has 0 aliphatic carbocycles. The zero-order valence-electron chi connectivity index (χ0n) is 12.3. The standard InChI is InChI=1S/C13H23N5S/c1-8(6-7-18(4)5)15-13-11(12(14)19)9(2)10(3)16-17-13/h8H,6-7H2,1-5H3,(H2,14,19)(H,15,17). The normalized spacial score (nSPS) is 12.5. The van der Waals surface area contributed by atoms with Gasteiger partial charge < -0.3 is 16.0 Å².